The van der Waals surface area contributed by atoms with Gasteiger partial charge in [-0.3, -0.25) is 9.69 Å². The van der Waals surface area contributed by atoms with E-state index in [0.29, 0.717) is 25.9 Å². The summed E-state index contributed by atoms with van der Waals surface area (Å²) in [6.45, 7) is 8.50. The van der Waals surface area contributed by atoms with Crippen LogP contribution in [0.1, 0.15) is 66.9 Å². The van der Waals surface area contributed by atoms with E-state index in [9.17, 15) is 9.18 Å². The fraction of sp³-hybridized carbons (Fsp3) is 0.480. The van der Waals surface area contributed by atoms with Crippen molar-refractivity contribution in [1.29, 1.82) is 0 Å². The van der Waals surface area contributed by atoms with Gasteiger partial charge in [0.2, 0.25) is 5.91 Å². The summed E-state index contributed by atoms with van der Waals surface area (Å²) in [5.74, 6) is -0.122. The third-order valence-electron chi connectivity index (χ3n) is 6.34. The lowest BCUT2D eigenvalue weighted by molar-refractivity contribution is -0.121. The summed E-state index contributed by atoms with van der Waals surface area (Å²) < 4.78 is 15.5. The highest BCUT2D eigenvalue weighted by Gasteiger charge is 2.29. The quantitative estimate of drug-likeness (QED) is 0.571. The zero-order valence-electron chi connectivity index (χ0n) is 19.2. The van der Waals surface area contributed by atoms with Gasteiger partial charge in [-0.05, 0) is 69.3 Å². The maximum Gasteiger partial charge on any atom is 0.220 e. The second kappa shape index (κ2) is 9.77. The first-order chi connectivity index (χ1) is 15.5. The molecule has 0 aliphatic carbocycles. The molecule has 0 bridgehead atoms. The minimum absolute atomic E-state index is 0.0749. The predicted octanol–water partition coefficient (Wildman–Crippen LogP) is 4.28. The van der Waals surface area contributed by atoms with E-state index < -0.39 is 0 Å². The number of halogens is 1. The number of nitrogens with one attached hydrogen (secondary N) is 1. The van der Waals surface area contributed by atoms with Gasteiger partial charge < -0.3 is 5.32 Å². The molecular formula is C25H32FN5O. The molecule has 1 aromatic carbocycles. The van der Waals surface area contributed by atoms with Crippen molar-refractivity contribution in [3.8, 4) is 0 Å². The Hall–Kier alpha value is -2.80. The van der Waals surface area contributed by atoms with Gasteiger partial charge in [0.1, 0.15) is 5.82 Å². The van der Waals surface area contributed by atoms with Crippen LogP contribution in [0.15, 0.2) is 30.3 Å². The van der Waals surface area contributed by atoms with Crippen LogP contribution in [0.3, 0.4) is 0 Å². The molecule has 1 N–H and O–H groups in total. The van der Waals surface area contributed by atoms with Crippen LogP contribution < -0.4 is 5.32 Å². The minimum Gasteiger partial charge on any atom is -0.356 e. The number of aryl methyl sites for hydroxylation is 2. The van der Waals surface area contributed by atoms with Crippen molar-refractivity contribution in [3.05, 3.63) is 64.4 Å². The summed E-state index contributed by atoms with van der Waals surface area (Å²) in [6, 6.07) is 9.10. The Morgan fingerprint density at radius 3 is 2.91 bits per heavy atom. The van der Waals surface area contributed by atoms with E-state index >= 15 is 0 Å². The Morgan fingerprint density at radius 1 is 1.28 bits per heavy atom. The zero-order valence-corrected chi connectivity index (χ0v) is 19.2. The lowest BCUT2D eigenvalue weighted by Gasteiger charge is -2.23. The molecule has 4 rings (SSSR count). The molecular weight excluding hydrogens is 405 g/mol. The first-order valence-electron chi connectivity index (χ1n) is 11.6. The lowest BCUT2D eigenvalue weighted by atomic mass is 10.1. The zero-order chi connectivity index (χ0) is 22.7. The van der Waals surface area contributed by atoms with E-state index in [1.54, 1.807) is 12.1 Å². The molecule has 1 saturated heterocycles. The highest BCUT2D eigenvalue weighted by atomic mass is 19.1. The fourth-order valence-corrected chi connectivity index (χ4v) is 4.68. The molecule has 3 aromatic rings. The van der Waals surface area contributed by atoms with Crippen molar-refractivity contribution in [2.24, 2.45) is 0 Å². The Balaban J connectivity index is 1.55. The molecule has 32 heavy (non-hydrogen) atoms. The van der Waals surface area contributed by atoms with Crippen LogP contribution in [0.4, 0.5) is 4.39 Å². The molecule has 0 saturated carbocycles. The number of carbonyl (C=O) groups is 1. The number of rotatable bonds is 8. The largest absolute Gasteiger partial charge is 0.356 e. The van der Waals surface area contributed by atoms with Crippen LogP contribution in [-0.4, -0.2) is 38.5 Å². The van der Waals surface area contributed by atoms with Crippen LogP contribution in [0.2, 0.25) is 0 Å². The molecule has 0 radical (unpaired) electrons. The summed E-state index contributed by atoms with van der Waals surface area (Å²) in [6.07, 6.45) is 4.16. The SMILES string of the molecule is CCCNC(=O)CCc1c(C)nc2cc(C3CCCN3Cc3cccc(F)c3)nn2c1C. The van der Waals surface area contributed by atoms with Crippen LogP contribution >= 0.6 is 0 Å². The molecule has 1 atom stereocenters. The third kappa shape index (κ3) is 4.83. The van der Waals surface area contributed by atoms with E-state index in [1.165, 1.54) is 6.07 Å². The summed E-state index contributed by atoms with van der Waals surface area (Å²) in [5.41, 5.74) is 5.90. The molecule has 1 unspecified atom stereocenters. The standard InChI is InChI=1S/C25H32FN5O/c1-4-12-27-25(32)11-10-21-17(2)28-24-15-22(29-31(24)18(21)3)23-9-6-13-30(23)16-19-7-5-8-20(26)14-19/h5,7-8,14-15,23H,4,6,9-13,16H2,1-3H3,(H,27,32). The normalized spacial score (nSPS) is 16.7. The number of amides is 1. The van der Waals surface area contributed by atoms with Crippen LogP contribution in [0.25, 0.3) is 5.65 Å². The molecule has 1 aliphatic heterocycles. The van der Waals surface area contributed by atoms with Crippen molar-refractivity contribution < 1.29 is 9.18 Å². The second-order valence-electron chi connectivity index (χ2n) is 8.71. The van der Waals surface area contributed by atoms with Crippen LogP contribution in [0.5, 0.6) is 0 Å². The molecule has 0 spiro atoms. The van der Waals surface area contributed by atoms with Gasteiger partial charge in [0.05, 0.1) is 11.7 Å². The van der Waals surface area contributed by atoms with Crippen molar-refractivity contribution in [3.63, 3.8) is 0 Å². The average molecular weight is 438 g/mol. The van der Waals surface area contributed by atoms with E-state index in [2.05, 4.69) is 23.2 Å². The lowest BCUT2D eigenvalue weighted by Crippen LogP contribution is -2.24. The van der Waals surface area contributed by atoms with Gasteiger partial charge in [-0.25, -0.2) is 13.9 Å². The molecule has 170 valence electrons. The number of likely N-dealkylation sites (tertiary alicyclic amines) is 1. The number of hydrogen-bond acceptors (Lipinski definition) is 4. The topological polar surface area (TPSA) is 62.5 Å². The van der Waals surface area contributed by atoms with E-state index in [4.69, 9.17) is 10.1 Å². The molecule has 1 fully saturated rings. The summed E-state index contributed by atoms with van der Waals surface area (Å²) >= 11 is 0. The average Bonchev–Trinajstić information content (AvgIpc) is 3.39. The van der Waals surface area contributed by atoms with Crippen LogP contribution in [-0.2, 0) is 17.8 Å². The first kappa shape index (κ1) is 22.4. The van der Waals surface area contributed by atoms with E-state index in [0.717, 1.165) is 59.7 Å². The molecule has 3 heterocycles. The van der Waals surface area contributed by atoms with Gasteiger partial charge in [0, 0.05) is 37.0 Å². The minimum atomic E-state index is -0.197. The first-order valence-corrected chi connectivity index (χ1v) is 11.6. The highest BCUT2D eigenvalue weighted by Crippen LogP contribution is 2.33. The van der Waals surface area contributed by atoms with Gasteiger partial charge in [-0.15, -0.1) is 0 Å². The summed E-state index contributed by atoms with van der Waals surface area (Å²) in [5, 5.41) is 7.86. The molecule has 6 nitrogen and oxygen atoms in total. The van der Waals surface area contributed by atoms with E-state index in [-0.39, 0.29) is 17.8 Å². The molecule has 1 amide bonds. The second-order valence-corrected chi connectivity index (χ2v) is 8.71. The van der Waals surface area contributed by atoms with Gasteiger partial charge in [-0.2, -0.15) is 5.10 Å². The van der Waals surface area contributed by atoms with Crippen LogP contribution in [0, 0.1) is 19.7 Å². The molecule has 1 aliphatic rings. The molecule has 7 heteroatoms. The Labute approximate surface area is 188 Å². The molecule has 2 aromatic heterocycles. The fourth-order valence-electron chi connectivity index (χ4n) is 4.68. The van der Waals surface area contributed by atoms with Gasteiger partial charge in [0.15, 0.2) is 5.65 Å². The van der Waals surface area contributed by atoms with Crippen molar-refractivity contribution in [2.75, 3.05) is 13.1 Å². The Morgan fingerprint density at radius 2 is 2.12 bits per heavy atom. The number of aromatic nitrogens is 3. The number of fused-ring (bicyclic) bond motifs is 1. The maximum atomic E-state index is 13.6. The monoisotopic (exact) mass is 437 g/mol. The smallest absolute Gasteiger partial charge is 0.220 e. The van der Waals surface area contributed by atoms with Crippen molar-refractivity contribution in [2.45, 2.75) is 65.5 Å². The summed E-state index contributed by atoms with van der Waals surface area (Å²) in [4.78, 5) is 19.2. The van der Waals surface area contributed by atoms with E-state index in [1.807, 2.05) is 24.4 Å². The number of carbonyl (C=O) groups excluding carboxylic acids is 1. The number of hydrogen-bond donors (Lipinski definition) is 1. The Kier molecular flexibility index (Phi) is 6.84. The van der Waals surface area contributed by atoms with Gasteiger partial charge in [-0.1, -0.05) is 19.1 Å². The third-order valence-corrected chi connectivity index (χ3v) is 6.34. The van der Waals surface area contributed by atoms with Gasteiger partial charge in [0.25, 0.3) is 0 Å². The maximum absolute atomic E-state index is 13.6. The predicted molar refractivity (Wildman–Crippen MR) is 123 cm³/mol. The van der Waals surface area contributed by atoms with Crippen molar-refractivity contribution >= 4 is 11.6 Å². The van der Waals surface area contributed by atoms with Gasteiger partial charge >= 0.3 is 0 Å². The number of nitrogens with zero attached hydrogens (tertiary/aromatic N) is 4. The van der Waals surface area contributed by atoms with Crippen molar-refractivity contribution in [1.82, 2.24) is 24.8 Å². The Bertz CT molecular complexity index is 1110. The highest BCUT2D eigenvalue weighted by molar-refractivity contribution is 5.76. The number of benzene rings is 1. The summed E-state index contributed by atoms with van der Waals surface area (Å²) in [7, 11) is 0.